The van der Waals surface area contributed by atoms with E-state index in [0.717, 1.165) is 44.9 Å². The number of esters is 1. The molecule has 1 heterocycles. The van der Waals surface area contributed by atoms with Crippen molar-refractivity contribution >= 4 is 23.9 Å². The zero-order valence-corrected chi connectivity index (χ0v) is 15.9. The van der Waals surface area contributed by atoms with Crippen LogP contribution in [-0.4, -0.2) is 54.1 Å². The third-order valence-corrected chi connectivity index (χ3v) is 4.31. The highest BCUT2D eigenvalue weighted by molar-refractivity contribution is 6.01. The molecule has 0 aromatic rings. The molecule has 0 radical (unpaired) electrons. The van der Waals surface area contributed by atoms with Gasteiger partial charge in [-0.1, -0.05) is 57.8 Å². The fraction of sp³-hybridized carbons (Fsp3) is 0.789. The van der Waals surface area contributed by atoms with E-state index >= 15 is 0 Å². The van der Waals surface area contributed by atoms with Gasteiger partial charge in [-0.05, 0) is 12.8 Å². The van der Waals surface area contributed by atoms with Crippen LogP contribution in [-0.2, 0) is 14.3 Å². The fourth-order valence-electron chi connectivity index (χ4n) is 2.85. The van der Waals surface area contributed by atoms with Crippen LogP contribution in [0.25, 0.3) is 0 Å². The highest BCUT2D eigenvalue weighted by Gasteiger charge is 2.16. The lowest BCUT2D eigenvalue weighted by molar-refractivity contribution is -0.144. The Hall–Kier alpha value is -2.12. The zero-order chi connectivity index (χ0) is 22.4. The lowest BCUT2D eigenvalue weighted by Gasteiger charge is -2.20. The second-order valence-electron chi connectivity index (χ2n) is 6.71. The van der Waals surface area contributed by atoms with Crippen LogP contribution in [0, 0.1) is 0 Å². The summed E-state index contributed by atoms with van der Waals surface area (Å²) in [6, 6.07) is 0. The first-order valence-electron chi connectivity index (χ1n) is 11.2. The van der Waals surface area contributed by atoms with Gasteiger partial charge in [0.25, 0.3) is 0 Å². The summed E-state index contributed by atoms with van der Waals surface area (Å²) < 4.78 is 27.9. The number of ether oxygens (including phenoxy) is 1. The van der Waals surface area contributed by atoms with Crippen LogP contribution >= 0.6 is 0 Å². The monoisotopic (exact) mass is 386 g/mol. The van der Waals surface area contributed by atoms with E-state index in [2.05, 4.69) is 10.3 Å². The first-order chi connectivity index (χ1) is 14.2. The van der Waals surface area contributed by atoms with Gasteiger partial charge in [-0.15, -0.1) is 4.99 Å². The first kappa shape index (κ1) is 18.3. The van der Waals surface area contributed by atoms with Gasteiger partial charge in [0.2, 0.25) is 11.9 Å². The highest BCUT2D eigenvalue weighted by atomic mass is 16.5. The molecule has 1 saturated heterocycles. The normalized spacial score (nSPS) is 24.1. The van der Waals surface area contributed by atoms with Gasteiger partial charge in [0.15, 0.2) is 0 Å². The van der Waals surface area contributed by atoms with Gasteiger partial charge in [0.1, 0.15) is 6.54 Å². The number of aliphatic imine (C=N–C) groups is 1. The van der Waals surface area contributed by atoms with Gasteiger partial charge in [-0.3, -0.25) is 14.9 Å². The number of rotatable bonds is 0. The number of nitrogens with zero attached hydrogens (tertiary/aromatic N) is 2. The number of hydrogen-bond acceptors (Lipinski definition) is 4. The summed E-state index contributed by atoms with van der Waals surface area (Å²) in [4.78, 5) is 39.0. The van der Waals surface area contributed by atoms with Crippen molar-refractivity contribution in [1.82, 2.24) is 10.2 Å². The lowest BCUT2D eigenvalue weighted by Crippen LogP contribution is -2.45. The summed E-state index contributed by atoms with van der Waals surface area (Å²) in [5.41, 5.74) is 0. The number of carbonyl (C=O) groups excluding carboxylic acids is 2. The van der Waals surface area contributed by atoms with Crippen molar-refractivity contribution in [3.8, 4) is 0 Å². The molecule has 0 aromatic heterocycles. The van der Waals surface area contributed by atoms with E-state index in [0.29, 0.717) is 17.7 Å². The minimum Gasteiger partial charge on any atom is -0.464 e. The van der Waals surface area contributed by atoms with E-state index in [1.807, 2.05) is 0 Å². The third kappa shape index (κ3) is 12.0. The maximum absolute atomic E-state index is 12.2. The van der Waals surface area contributed by atoms with Crippen molar-refractivity contribution in [2.24, 2.45) is 4.99 Å². The Morgan fingerprint density at radius 3 is 2.15 bits per heavy atom. The Morgan fingerprint density at radius 1 is 1.04 bits per heavy atom. The van der Waals surface area contributed by atoms with E-state index in [9.17, 15) is 14.4 Å². The molecular weight excluding hydrogens is 350 g/mol. The summed E-state index contributed by atoms with van der Waals surface area (Å²) in [5, 5.41) is 11.2. The van der Waals surface area contributed by atoms with Crippen LogP contribution < -0.4 is 5.32 Å². The van der Waals surface area contributed by atoms with Crippen molar-refractivity contribution in [3.05, 3.63) is 0 Å². The average molecular weight is 387 g/mol. The van der Waals surface area contributed by atoms with Crippen LogP contribution in [0.5, 0.6) is 0 Å². The molecule has 1 aliphatic rings. The highest BCUT2D eigenvalue weighted by Crippen LogP contribution is 2.12. The van der Waals surface area contributed by atoms with Crippen LogP contribution in [0.1, 0.15) is 81.2 Å². The van der Waals surface area contributed by atoms with Crippen molar-refractivity contribution in [2.75, 3.05) is 20.1 Å². The topological polar surface area (TPSA) is 108 Å². The molecule has 2 amide bonds. The van der Waals surface area contributed by atoms with E-state index in [4.69, 9.17) is 14.0 Å². The number of carboxylic acid groups (broad SMARTS) is 1. The van der Waals surface area contributed by atoms with Gasteiger partial charge in [0.05, 0.1) is 6.61 Å². The van der Waals surface area contributed by atoms with E-state index < -0.39 is 37.4 Å². The van der Waals surface area contributed by atoms with Gasteiger partial charge in [-0.2, -0.15) is 0 Å². The van der Waals surface area contributed by atoms with Crippen LogP contribution in [0.3, 0.4) is 0 Å². The largest absolute Gasteiger partial charge is 0.464 e. The molecule has 8 nitrogen and oxygen atoms in total. The summed E-state index contributed by atoms with van der Waals surface area (Å²) >= 11 is 0. The lowest BCUT2D eigenvalue weighted by atomic mass is 10.1. The molecule has 1 rings (SSSR count). The summed E-state index contributed by atoms with van der Waals surface area (Å²) in [5.74, 6) is -2.07. The van der Waals surface area contributed by atoms with Crippen molar-refractivity contribution < 1.29 is 28.3 Å². The maximum Gasteiger partial charge on any atom is 0.434 e. The number of nitrogens with one attached hydrogen (secondary N) is 1. The minimum atomic E-state index is -2.89. The van der Waals surface area contributed by atoms with Gasteiger partial charge >= 0.3 is 12.1 Å². The van der Waals surface area contributed by atoms with Gasteiger partial charge in [0, 0.05) is 17.5 Å². The summed E-state index contributed by atoms with van der Waals surface area (Å²) in [6.07, 6.45) is 9.31. The summed E-state index contributed by atoms with van der Waals surface area (Å²) in [7, 11) is 0. The summed E-state index contributed by atoms with van der Waals surface area (Å²) in [6.45, 7) is -3.48. The molecule has 1 aliphatic heterocycles. The molecule has 0 atom stereocenters. The Bertz CT molecular complexity index is 596. The SMILES string of the molecule is [2H]C([2H])([2H])N1CC(=O)OCCCCCCCCCCCCCC(=O)NC1=NC(=O)O. The van der Waals surface area contributed by atoms with Crippen molar-refractivity contribution in [1.29, 1.82) is 0 Å². The predicted octanol–water partition coefficient (Wildman–Crippen LogP) is 3.31. The number of carbonyl (C=O) groups is 3. The Labute approximate surface area is 165 Å². The van der Waals surface area contributed by atoms with E-state index in [-0.39, 0.29) is 13.0 Å². The molecular formula is C19H33N3O5. The van der Waals surface area contributed by atoms with E-state index in [1.54, 1.807) is 0 Å². The molecule has 2 N–H and O–H groups in total. The Balaban J connectivity index is 2.87. The zero-order valence-electron chi connectivity index (χ0n) is 18.9. The smallest absolute Gasteiger partial charge is 0.434 e. The predicted molar refractivity (Wildman–Crippen MR) is 103 cm³/mol. The van der Waals surface area contributed by atoms with Crippen LogP contribution in [0.2, 0.25) is 0 Å². The van der Waals surface area contributed by atoms with Gasteiger partial charge in [-0.25, -0.2) is 4.79 Å². The number of guanidine groups is 1. The number of amides is 2. The molecule has 0 bridgehead atoms. The third-order valence-electron chi connectivity index (χ3n) is 4.31. The number of hydrogen-bond donors (Lipinski definition) is 2. The standard InChI is InChI=1S/C19H33N3O5/c1-22-15-17(24)27-14-12-10-8-6-4-2-3-5-7-9-11-13-16(23)20-18(22)21-19(25)26/h2-15H2,1H3,(H,25,26)(H,20,21,23)/i1D3. The number of likely N-dealkylation sites (N-methyl/N-ethyl adjacent to an activating group) is 1. The van der Waals surface area contributed by atoms with Crippen molar-refractivity contribution in [2.45, 2.75) is 77.0 Å². The maximum atomic E-state index is 12.2. The average Bonchev–Trinajstić information content (AvgIpc) is 2.63. The second kappa shape index (κ2) is 14.0. The van der Waals surface area contributed by atoms with E-state index in [1.165, 1.54) is 12.8 Å². The molecule has 0 unspecified atom stereocenters. The molecule has 1 fully saturated rings. The van der Waals surface area contributed by atoms with Crippen molar-refractivity contribution in [3.63, 3.8) is 0 Å². The Kier molecular flexibility index (Phi) is 9.47. The minimum absolute atomic E-state index is 0.109. The molecule has 0 aliphatic carbocycles. The van der Waals surface area contributed by atoms with Crippen LogP contribution in [0.15, 0.2) is 4.99 Å². The molecule has 27 heavy (non-hydrogen) atoms. The first-order valence-corrected chi connectivity index (χ1v) is 9.75. The molecule has 0 aromatic carbocycles. The van der Waals surface area contributed by atoms with Crippen LogP contribution in [0.4, 0.5) is 4.79 Å². The molecule has 8 heteroatoms. The molecule has 0 saturated carbocycles. The number of cyclic esters (lactones) is 1. The van der Waals surface area contributed by atoms with Gasteiger partial charge < -0.3 is 14.7 Å². The quantitative estimate of drug-likeness (QED) is 0.618. The molecule has 154 valence electrons. The Morgan fingerprint density at radius 2 is 1.59 bits per heavy atom. The molecule has 0 spiro atoms. The fourth-order valence-corrected chi connectivity index (χ4v) is 2.85. The second-order valence-corrected chi connectivity index (χ2v) is 6.71.